The summed E-state index contributed by atoms with van der Waals surface area (Å²) in [5.41, 5.74) is 3.55. The predicted octanol–water partition coefficient (Wildman–Crippen LogP) is 3.30. The first-order chi connectivity index (χ1) is 11.6. The first kappa shape index (κ1) is 16.7. The van der Waals surface area contributed by atoms with E-state index in [9.17, 15) is 9.00 Å². The van der Waals surface area contributed by atoms with Crippen molar-refractivity contribution in [3.63, 3.8) is 0 Å². The third kappa shape index (κ3) is 4.03. The van der Waals surface area contributed by atoms with E-state index in [4.69, 9.17) is 0 Å². The zero-order valence-electron chi connectivity index (χ0n) is 13.7. The Morgan fingerprint density at radius 1 is 1.17 bits per heavy atom. The van der Waals surface area contributed by atoms with E-state index in [1.165, 1.54) is 11.1 Å². The van der Waals surface area contributed by atoms with Crippen molar-refractivity contribution in [2.24, 2.45) is 0 Å². The minimum Gasteiger partial charge on any atom is -0.334 e. The number of benzene rings is 2. The smallest absolute Gasteiger partial charge is 0.315 e. The SMILES string of the molecule is C[S@](=O)c1ccc(CNC(=O)N[C@@H]2CCCc3ccccc32)cc1. The second-order valence-electron chi connectivity index (χ2n) is 6.07. The fourth-order valence-electron chi connectivity index (χ4n) is 3.09. The van der Waals surface area contributed by atoms with Gasteiger partial charge >= 0.3 is 6.03 Å². The second kappa shape index (κ2) is 7.62. The minimum absolute atomic E-state index is 0.0832. The lowest BCUT2D eigenvalue weighted by Crippen LogP contribution is -2.38. The number of carbonyl (C=O) groups excluding carboxylic acids is 1. The highest BCUT2D eigenvalue weighted by Crippen LogP contribution is 2.29. The fraction of sp³-hybridized carbons (Fsp3) is 0.316. The molecule has 0 aromatic heterocycles. The molecule has 0 heterocycles. The quantitative estimate of drug-likeness (QED) is 0.896. The number of amides is 2. The highest BCUT2D eigenvalue weighted by Gasteiger charge is 2.21. The van der Waals surface area contributed by atoms with Crippen molar-refractivity contribution in [3.05, 3.63) is 65.2 Å². The Labute approximate surface area is 145 Å². The van der Waals surface area contributed by atoms with Crippen LogP contribution in [-0.2, 0) is 23.8 Å². The van der Waals surface area contributed by atoms with Crippen molar-refractivity contribution in [3.8, 4) is 0 Å². The van der Waals surface area contributed by atoms with E-state index < -0.39 is 10.8 Å². The van der Waals surface area contributed by atoms with E-state index >= 15 is 0 Å². The average Bonchev–Trinajstić information content (AvgIpc) is 2.61. The molecule has 1 aliphatic rings. The monoisotopic (exact) mass is 342 g/mol. The molecule has 2 amide bonds. The Balaban J connectivity index is 1.56. The lowest BCUT2D eigenvalue weighted by atomic mass is 9.88. The fourth-order valence-corrected chi connectivity index (χ4v) is 3.61. The van der Waals surface area contributed by atoms with E-state index in [0.717, 1.165) is 29.7 Å². The van der Waals surface area contributed by atoms with Crippen LogP contribution in [0.4, 0.5) is 4.79 Å². The predicted molar refractivity (Wildman–Crippen MR) is 96.3 cm³/mol. The maximum atomic E-state index is 12.2. The van der Waals surface area contributed by atoms with E-state index in [0.29, 0.717) is 6.54 Å². The number of rotatable bonds is 4. The molecule has 5 heteroatoms. The summed E-state index contributed by atoms with van der Waals surface area (Å²) < 4.78 is 11.4. The van der Waals surface area contributed by atoms with Crippen LogP contribution in [0.3, 0.4) is 0 Å². The number of fused-ring (bicyclic) bond motifs is 1. The molecule has 2 aromatic carbocycles. The van der Waals surface area contributed by atoms with Crippen LogP contribution < -0.4 is 10.6 Å². The van der Waals surface area contributed by atoms with Gasteiger partial charge in [0.2, 0.25) is 0 Å². The molecule has 4 nitrogen and oxygen atoms in total. The van der Waals surface area contributed by atoms with Crippen LogP contribution in [-0.4, -0.2) is 16.5 Å². The van der Waals surface area contributed by atoms with Crippen molar-refractivity contribution >= 4 is 16.8 Å². The van der Waals surface area contributed by atoms with Gasteiger partial charge in [0.15, 0.2) is 0 Å². The maximum Gasteiger partial charge on any atom is 0.315 e. The number of urea groups is 1. The van der Waals surface area contributed by atoms with Crippen molar-refractivity contribution < 1.29 is 9.00 Å². The molecule has 126 valence electrons. The summed E-state index contributed by atoms with van der Waals surface area (Å²) >= 11 is 0. The van der Waals surface area contributed by atoms with Crippen molar-refractivity contribution in [2.75, 3.05) is 6.26 Å². The minimum atomic E-state index is -0.976. The zero-order chi connectivity index (χ0) is 16.9. The van der Waals surface area contributed by atoms with Gasteiger partial charge in [-0.25, -0.2) is 4.79 Å². The highest BCUT2D eigenvalue weighted by molar-refractivity contribution is 7.84. The number of hydrogen-bond acceptors (Lipinski definition) is 2. The van der Waals surface area contributed by atoms with Gasteiger partial charge in [-0.05, 0) is 48.1 Å². The summed E-state index contributed by atoms with van der Waals surface area (Å²) in [6.45, 7) is 0.455. The lowest BCUT2D eigenvalue weighted by molar-refractivity contribution is 0.235. The van der Waals surface area contributed by atoms with E-state index in [1.807, 2.05) is 36.4 Å². The van der Waals surface area contributed by atoms with Crippen LogP contribution in [0.25, 0.3) is 0 Å². The molecule has 0 bridgehead atoms. The molecule has 0 aliphatic heterocycles. The molecule has 0 saturated carbocycles. The van der Waals surface area contributed by atoms with E-state index in [-0.39, 0.29) is 12.1 Å². The first-order valence-corrected chi connectivity index (χ1v) is 9.74. The summed E-state index contributed by atoms with van der Waals surface area (Å²) in [6.07, 6.45) is 4.81. The molecule has 0 saturated heterocycles. The third-order valence-corrected chi connectivity index (χ3v) is 5.32. The Hall–Kier alpha value is -2.14. The number of carbonyl (C=O) groups is 1. The van der Waals surface area contributed by atoms with Gasteiger partial charge in [0, 0.05) is 28.5 Å². The molecule has 2 aromatic rings. The highest BCUT2D eigenvalue weighted by atomic mass is 32.2. The molecule has 0 unspecified atom stereocenters. The van der Waals surface area contributed by atoms with Gasteiger partial charge in [-0.2, -0.15) is 0 Å². The molecule has 0 fully saturated rings. The van der Waals surface area contributed by atoms with Crippen LogP contribution in [0.2, 0.25) is 0 Å². The van der Waals surface area contributed by atoms with Gasteiger partial charge in [-0.1, -0.05) is 36.4 Å². The Kier molecular flexibility index (Phi) is 5.30. The zero-order valence-corrected chi connectivity index (χ0v) is 14.6. The molecule has 0 spiro atoms. The molecule has 24 heavy (non-hydrogen) atoms. The van der Waals surface area contributed by atoms with Crippen LogP contribution >= 0.6 is 0 Å². The molecule has 1 aliphatic carbocycles. The van der Waals surface area contributed by atoms with Crippen molar-refractivity contribution in [1.29, 1.82) is 0 Å². The summed E-state index contributed by atoms with van der Waals surface area (Å²) in [5.74, 6) is 0. The second-order valence-corrected chi connectivity index (χ2v) is 7.45. The molecule has 0 radical (unpaired) electrons. The topological polar surface area (TPSA) is 58.2 Å². The summed E-state index contributed by atoms with van der Waals surface area (Å²) in [5, 5.41) is 5.98. The van der Waals surface area contributed by atoms with Gasteiger partial charge < -0.3 is 10.6 Å². The molecule has 2 N–H and O–H groups in total. The van der Waals surface area contributed by atoms with Crippen molar-refractivity contribution in [2.45, 2.75) is 36.7 Å². The summed E-state index contributed by atoms with van der Waals surface area (Å²) in [4.78, 5) is 13.0. The molecular formula is C19H22N2O2S. The van der Waals surface area contributed by atoms with Crippen molar-refractivity contribution in [1.82, 2.24) is 10.6 Å². The Morgan fingerprint density at radius 2 is 1.92 bits per heavy atom. The molecule has 3 rings (SSSR count). The van der Waals surface area contributed by atoms with Gasteiger partial charge in [0.25, 0.3) is 0 Å². The van der Waals surface area contributed by atoms with Gasteiger partial charge in [0.1, 0.15) is 0 Å². The van der Waals surface area contributed by atoms with E-state index in [2.05, 4.69) is 22.8 Å². The molecule has 2 atom stereocenters. The lowest BCUT2D eigenvalue weighted by Gasteiger charge is -2.26. The maximum absolute atomic E-state index is 12.2. The van der Waals surface area contributed by atoms with Gasteiger partial charge in [-0.15, -0.1) is 0 Å². The standard InChI is InChI=1S/C19H22N2O2S/c1-24(23)16-11-9-14(10-12-16)13-20-19(22)21-18-8-4-6-15-5-2-3-7-17(15)18/h2-3,5,7,9-12,18H,4,6,8,13H2,1H3,(H2,20,21,22)/t18-,24+/m1/s1. The first-order valence-electron chi connectivity index (χ1n) is 8.18. The Morgan fingerprint density at radius 3 is 2.67 bits per heavy atom. The van der Waals surface area contributed by atoms with Crippen LogP contribution in [0.1, 0.15) is 35.6 Å². The summed E-state index contributed by atoms with van der Waals surface area (Å²) in [6, 6.07) is 15.7. The Bertz CT molecular complexity index is 743. The number of nitrogens with one attached hydrogen (secondary N) is 2. The molecular weight excluding hydrogens is 320 g/mol. The number of aryl methyl sites for hydroxylation is 1. The van der Waals surface area contributed by atoms with E-state index in [1.54, 1.807) is 6.26 Å². The average molecular weight is 342 g/mol. The third-order valence-electron chi connectivity index (χ3n) is 4.38. The van der Waals surface area contributed by atoms with Gasteiger partial charge in [0.05, 0.1) is 6.04 Å². The van der Waals surface area contributed by atoms with Crippen LogP contribution in [0.5, 0.6) is 0 Å². The number of hydrogen-bond donors (Lipinski definition) is 2. The van der Waals surface area contributed by atoms with Crippen LogP contribution in [0, 0.1) is 0 Å². The largest absolute Gasteiger partial charge is 0.334 e. The summed E-state index contributed by atoms with van der Waals surface area (Å²) in [7, 11) is -0.976. The van der Waals surface area contributed by atoms with Crippen LogP contribution in [0.15, 0.2) is 53.4 Å². The van der Waals surface area contributed by atoms with Gasteiger partial charge in [-0.3, -0.25) is 4.21 Å². The normalized spacial score (nSPS) is 17.6.